The van der Waals surface area contributed by atoms with E-state index in [1.807, 2.05) is 6.07 Å². The maximum absolute atomic E-state index is 5.38. The van der Waals surface area contributed by atoms with Crippen LogP contribution in [0.15, 0.2) is 255 Å². The van der Waals surface area contributed by atoms with E-state index < -0.39 is 0 Å². The van der Waals surface area contributed by atoms with Crippen LogP contribution in [0.3, 0.4) is 0 Å². The maximum atomic E-state index is 5.38. The van der Waals surface area contributed by atoms with Gasteiger partial charge in [0.1, 0.15) is 0 Å². The highest BCUT2D eigenvalue weighted by Gasteiger charge is 2.29. The van der Waals surface area contributed by atoms with E-state index in [2.05, 4.69) is 249 Å². The van der Waals surface area contributed by atoms with Gasteiger partial charge in [0.25, 0.3) is 0 Å². The molecule has 11 aromatic rings. The van der Waals surface area contributed by atoms with Gasteiger partial charge in [-0.2, -0.15) is 0 Å². The Hall–Kier alpha value is -8.46. The lowest BCUT2D eigenvalue weighted by atomic mass is 9.74. The van der Waals surface area contributed by atoms with Gasteiger partial charge in [-0.05, 0) is 95.7 Å². The largest absolute Gasteiger partial charge is 0.228 e. The third-order valence-corrected chi connectivity index (χ3v) is 12.1. The van der Waals surface area contributed by atoms with Crippen molar-refractivity contribution in [1.29, 1.82) is 0 Å². The van der Waals surface area contributed by atoms with Crippen LogP contribution < -0.4 is 0 Å². The van der Waals surface area contributed by atoms with Crippen molar-refractivity contribution in [3.8, 4) is 101 Å². The monoisotopic (exact) mass is 814 g/mol. The Kier molecular flexibility index (Phi) is 10.3. The first-order valence-corrected chi connectivity index (χ1v) is 21.8. The van der Waals surface area contributed by atoms with Crippen LogP contribution in [0.5, 0.6) is 0 Å². The van der Waals surface area contributed by atoms with Gasteiger partial charge in [-0.15, -0.1) is 0 Å². The van der Waals surface area contributed by atoms with Gasteiger partial charge in [0, 0.05) is 16.7 Å². The first-order chi connectivity index (χ1) is 31.8. The molecule has 300 valence electrons. The Morgan fingerprint density at radius 1 is 0.188 bits per heavy atom. The van der Waals surface area contributed by atoms with Gasteiger partial charge in [-0.1, -0.05) is 237 Å². The van der Waals surface area contributed by atoms with Gasteiger partial charge >= 0.3 is 0 Å². The second kappa shape index (κ2) is 17.1. The van der Waals surface area contributed by atoms with Crippen LogP contribution in [0, 0.1) is 0 Å². The van der Waals surface area contributed by atoms with E-state index in [0.29, 0.717) is 5.82 Å². The topological polar surface area (TPSA) is 25.8 Å². The lowest BCUT2D eigenvalue weighted by Gasteiger charge is -2.29. The molecule has 0 N–H and O–H groups in total. The highest BCUT2D eigenvalue weighted by atomic mass is 14.9. The molecule has 0 amide bonds. The molecule has 10 aromatic carbocycles. The molecule has 1 aromatic heterocycles. The van der Waals surface area contributed by atoms with E-state index in [1.165, 1.54) is 27.5 Å². The molecule has 0 atom stereocenters. The second-order valence-corrected chi connectivity index (χ2v) is 16.1. The predicted molar refractivity (Wildman–Crippen MR) is 268 cm³/mol. The van der Waals surface area contributed by atoms with Gasteiger partial charge < -0.3 is 0 Å². The third kappa shape index (κ3) is 7.38. The first kappa shape index (κ1) is 38.5. The van der Waals surface area contributed by atoms with Crippen LogP contribution in [0.25, 0.3) is 111 Å². The molecule has 0 saturated heterocycles. The molecule has 0 saturated carbocycles. The fraction of sp³-hybridized carbons (Fsp3) is 0. The lowest BCUT2D eigenvalue weighted by Crippen LogP contribution is -2.02. The first-order valence-electron chi connectivity index (χ1n) is 21.8. The number of hydrogen-bond donors (Lipinski definition) is 0. The summed E-state index contributed by atoms with van der Waals surface area (Å²) >= 11 is 0. The highest BCUT2D eigenvalue weighted by molar-refractivity contribution is 6.15. The third-order valence-electron chi connectivity index (χ3n) is 12.1. The zero-order valence-corrected chi connectivity index (χ0v) is 35.1. The zero-order valence-electron chi connectivity index (χ0n) is 35.1. The highest BCUT2D eigenvalue weighted by Crippen LogP contribution is 2.56. The Morgan fingerprint density at radius 3 is 0.953 bits per heavy atom. The lowest BCUT2D eigenvalue weighted by molar-refractivity contribution is 1.18. The summed E-state index contributed by atoms with van der Waals surface area (Å²) in [7, 11) is 0. The van der Waals surface area contributed by atoms with Crippen molar-refractivity contribution in [2.24, 2.45) is 0 Å². The summed E-state index contributed by atoms with van der Waals surface area (Å²) in [5, 5.41) is 2.37. The Morgan fingerprint density at radius 2 is 0.516 bits per heavy atom. The van der Waals surface area contributed by atoms with Crippen LogP contribution in [0.2, 0.25) is 0 Å². The number of aromatic nitrogens is 2. The predicted octanol–water partition coefficient (Wildman–Crippen LogP) is 16.6. The van der Waals surface area contributed by atoms with Crippen LogP contribution >= 0.6 is 0 Å². The minimum Gasteiger partial charge on any atom is -0.228 e. The number of rotatable bonds is 9. The van der Waals surface area contributed by atoms with E-state index in [9.17, 15) is 0 Å². The Bertz CT molecular complexity index is 3280. The molecule has 0 bridgehead atoms. The van der Waals surface area contributed by atoms with Gasteiger partial charge in [0.05, 0.1) is 11.4 Å². The van der Waals surface area contributed by atoms with E-state index in [0.717, 1.165) is 78.1 Å². The minimum atomic E-state index is 0.668. The molecule has 0 aliphatic carbocycles. The fourth-order valence-electron chi connectivity index (χ4n) is 9.15. The summed E-state index contributed by atoms with van der Waals surface area (Å²) in [6.07, 6.45) is 0. The number of nitrogens with zero attached hydrogens (tertiary/aromatic N) is 2. The summed E-state index contributed by atoms with van der Waals surface area (Å²) in [6.45, 7) is 0. The molecule has 0 aliphatic rings. The van der Waals surface area contributed by atoms with E-state index in [-0.39, 0.29) is 0 Å². The summed E-state index contributed by atoms with van der Waals surface area (Å²) in [6, 6.07) is 91.0. The number of hydrogen-bond acceptors (Lipinski definition) is 2. The molecule has 0 fully saturated rings. The smallest absolute Gasteiger partial charge is 0.160 e. The molecule has 11 rings (SSSR count). The Labute approximate surface area is 374 Å². The quantitative estimate of drug-likeness (QED) is 0.145. The molecule has 0 unspecified atom stereocenters. The minimum absolute atomic E-state index is 0.668. The molecule has 2 heteroatoms. The standard InChI is InChI=1S/C62H42N2/c1-7-23-44(24-8-1)54-42-55(51-39-38-43-22-19-20-35-50(43)40-51)64-62(63-54)53-37-21-36-52(41-53)61-59(48-31-15-5-16-32-48)57(46-27-11-3-12-28-46)56(45-25-9-2-10-26-45)58(47-29-13-4-14-30-47)60(61)49-33-17-6-18-34-49/h1-42H. The van der Waals surface area contributed by atoms with E-state index in [4.69, 9.17) is 9.97 Å². The second-order valence-electron chi connectivity index (χ2n) is 16.1. The van der Waals surface area contributed by atoms with Crippen LogP contribution in [0.4, 0.5) is 0 Å². The van der Waals surface area contributed by atoms with Crippen molar-refractivity contribution in [3.05, 3.63) is 255 Å². The SMILES string of the molecule is c1ccc(-c2cc(-c3ccc4ccccc4c3)nc(-c3cccc(-c4c(-c5ccccc5)c(-c5ccccc5)c(-c5ccccc5)c(-c5ccccc5)c4-c4ccccc4)c3)n2)cc1. The molecule has 1 heterocycles. The van der Waals surface area contributed by atoms with Gasteiger partial charge in [-0.25, -0.2) is 9.97 Å². The van der Waals surface area contributed by atoms with Crippen molar-refractivity contribution in [3.63, 3.8) is 0 Å². The average Bonchev–Trinajstić information content (AvgIpc) is 3.39. The normalized spacial score (nSPS) is 11.1. The summed E-state index contributed by atoms with van der Waals surface area (Å²) in [5.41, 5.74) is 18.6. The van der Waals surface area contributed by atoms with Crippen molar-refractivity contribution in [2.75, 3.05) is 0 Å². The average molecular weight is 815 g/mol. The van der Waals surface area contributed by atoms with Gasteiger partial charge in [0.15, 0.2) is 5.82 Å². The van der Waals surface area contributed by atoms with Crippen LogP contribution in [0.1, 0.15) is 0 Å². The zero-order chi connectivity index (χ0) is 42.7. The summed E-state index contributed by atoms with van der Waals surface area (Å²) in [4.78, 5) is 10.7. The molecule has 2 nitrogen and oxygen atoms in total. The van der Waals surface area contributed by atoms with E-state index >= 15 is 0 Å². The summed E-state index contributed by atoms with van der Waals surface area (Å²) < 4.78 is 0. The molecule has 0 spiro atoms. The molecular formula is C62H42N2. The van der Waals surface area contributed by atoms with Crippen molar-refractivity contribution >= 4 is 10.8 Å². The van der Waals surface area contributed by atoms with Gasteiger partial charge in [-0.3, -0.25) is 0 Å². The molecular weight excluding hydrogens is 773 g/mol. The molecule has 64 heavy (non-hydrogen) atoms. The maximum Gasteiger partial charge on any atom is 0.160 e. The number of benzene rings is 10. The number of fused-ring (bicyclic) bond motifs is 1. The van der Waals surface area contributed by atoms with E-state index in [1.54, 1.807) is 0 Å². The van der Waals surface area contributed by atoms with Gasteiger partial charge in [0.2, 0.25) is 0 Å². The molecule has 0 radical (unpaired) electrons. The fourth-order valence-corrected chi connectivity index (χ4v) is 9.15. The Balaban J connectivity index is 1.26. The van der Waals surface area contributed by atoms with Crippen molar-refractivity contribution in [2.45, 2.75) is 0 Å². The molecule has 0 aliphatic heterocycles. The van der Waals surface area contributed by atoms with Crippen LogP contribution in [-0.2, 0) is 0 Å². The van der Waals surface area contributed by atoms with Crippen LogP contribution in [-0.4, -0.2) is 9.97 Å². The summed E-state index contributed by atoms with van der Waals surface area (Å²) in [5.74, 6) is 0.668. The van der Waals surface area contributed by atoms with Crippen molar-refractivity contribution < 1.29 is 0 Å². The van der Waals surface area contributed by atoms with Crippen molar-refractivity contribution in [1.82, 2.24) is 9.97 Å².